The van der Waals surface area contributed by atoms with E-state index < -0.39 is 13.4 Å². The number of para-hydroxylation sites is 1. The normalized spacial score (nSPS) is 13.9. The van der Waals surface area contributed by atoms with Crippen LogP contribution in [-0.2, 0) is 14.7 Å². The van der Waals surface area contributed by atoms with Crippen molar-refractivity contribution in [2.75, 3.05) is 6.61 Å². The number of phosphoric acid groups is 1. The highest BCUT2D eigenvalue weighted by molar-refractivity contribution is 7.46. The van der Waals surface area contributed by atoms with Crippen LogP contribution in [0.3, 0.4) is 0 Å². The number of ether oxygens (including phenoxy) is 1. The van der Waals surface area contributed by atoms with Gasteiger partial charge in [0.15, 0.2) is 0 Å². The predicted molar refractivity (Wildman–Crippen MR) is 107 cm³/mol. The van der Waals surface area contributed by atoms with Gasteiger partial charge in [-0.3, -0.25) is 4.52 Å². The second-order valence-electron chi connectivity index (χ2n) is 6.66. The van der Waals surface area contributed by atoms with E-state index in [-0.39, 0.29) is 0 Å². The van der Waals surface area contributed by atoms with E-state index >= 15 is 0 Å². The minimum absolute atomic E-state index is 0.298. The monoisotopic (exact) mass is 392 g/mol. The standard InChI is InChI=1S/C21H29O5P/c1-2-3-4-11-16-21(26-27(22,23)24,19-12-7-5-8-13-19)17-18-25-20-14-9-6-10-15-20/h5-10,12-15H,2-4,11,16-18H2,1H3,(H2,22,23,24). The van der Waals surface area contributed by atoms with Crippen molar-refractivity contribution in [1.82, 2.24) is 0 Å². The molecule has 0 saturated heterocycles. The molecule has 2 rings (SSSR count). The molecule has 2 N–H and O–H groups in total. The fourth-order valence-electron chi connectivity index (χ4n) is 3.21. The van der Waals surface area contributed by atoms with Crippen molar-refractivity contribution in [2.45, 2.75) is 51.0 Å². The summed E-state index contributed by atoms with van der Waals surface area (Å²) in [7, 11) is -4.68. The van der Waals surface area contributed by atoms with E-state index in [1.807, 2.05) is 60.7 Å². The van der Waals surface area contributed by atoms with Gasteiger partial charge in [0.25, 0.3) is 0 Å². The van der Waals surface area contributed by atoms with Gasteiger partial charge in [0.1, 0.15) is 11.4 Å². The zero-order chi connectivity index (χ0) is 19.6. The van der Waals surface area contributed by atoms with E-state index in [0.717, 1.165) is 37.0 Å². The Morgan fingerprint density at radius 2 is 1.52 bits per heavy atom. The maximum absolute atomic E-state index is 11.8. The maximum atomic E-state index is 11.8. The fraction of sp³-hybridized carbons (Fsp3) is 0.429. The second-order valence-corrected chi connectivity index (χ2v) is 7.83. The topological polar surface area (TPSA) is 76.0 Å². The number of phosphoric ester groups is 1. The van der Waals surface area contributed by atoms with Crippen LogP contribution in [0.15, 0.2) is 60.7 Å². The molecule has 0 aliphatic carbocycles. The summed E-state index contributed by atoms with van der Waals surface area (Å²) >= 11 is 0. The quantitative estimate of drug-likeness (QED) is 0.372. The lowest BCUT2D eigenvalue weighted by Gasteiger charge is -2.34. The lowest BCUT2D eigenvalue weighted by Crippen LogP contribution is -2.31. The average molecular weight is 392 g/mol. The molecule has 27 heavy (non-hydrogen) atoms. The summed E-state index contributed by atoms with van der Waals surface area (Å²) in [5.74, 6) is 0.724. The Bertz CT molecular complexity index is 701. The predicted octanol–water partition coefficient (Wildman–Crippen LogP) is 5.43. The van der Waals surface area contributed by atoms with Crippen LogP contribution >= 0.6 is 7.82 Å². The van der Waals surface area contributed by atoms with Crippen molar-refractivity contribution in [3.05, 3.63) is 66.2 Å². The minimum Gasteiger partial charge on any atom is -0.493 e. The van der Waals surface area contributed by atoms with Crippen LogP contribution < -0.4 is 4.74 Å². The molecule has 0 spiro atoms. The van der Waals surface area contributed by atoms with Gasteiger partial charge in [0, 0.05) is 6.42 Å². The van der Waals surface area contributed by atoms with Gasteiger partial charge in [-0.2, -0.15) is 0 Å². The van der Waals surface area contributed by atoms with Crippen molar-refractivity contribution < 1.29 is 23.6 Å². The zero-order valence-corrected chi connectivity index (χ0v) is 16.7. The van der Waals surface area contributed by atoms with Crippen molar-refractivity contribution in [1.29, 1.82) is 0 Å². The summed E-state index contributed by atoms with van der Waals surface area (Å²) in [5.41, 5.74) is -0.315. The highest BCUT2D eigenvalue weighted by Crippen LogP contribution is 2.49. The molecular formula is C21H29O5P. The summed E-state index contributed by atoms with van der Waals surface area (Å²) < 4.78 is 23.0. The molecule has 0 aromatic heterocycles. The molecule has 1 unspecified atom stereocenters. The van der Waals surface area contributed by atoms with Gasteiger partial charge in [-0.05, 0) is 24.1 Å². The van der Waals surface area contributed by atoms with Crippen molar-refractivity contribution >= 4 is 7.82 Å². The molecule has 0 aliphatic heterocycles. The first-order chi connectivity index (χ1) is 13.0. The lowest BCUT2D eigenvalue weighted by atomic mass is 9.85. The lowest BCUT2D eigenvalue weighted by molar-refractivity contribution is 0.00269. The first-order valence-electron chi connectivity index (χ1n) is 9.45. The molecule has 0 aliphatic rings. The summed E-state index contributed by atoms with van der Waals surface area (Å²) in [4.78, 5) is 19.2. The van der Waals surface area contributed by atoms with Crippen molar-refractivity contribution in [2.24, 2.45) is 0 Å². The molecule has 0 saturated carbocycles. The highest BCUT2D eigenvalue weighted by atomic mass is 31.2. The molecule has 0 fully saturated rings. The smallest absolute Gasteiger partial charge is 0.470 e. The van der Waals surface area contributed by atoms with E-state index in [0.29, 0.717) is 19.4 Å². The third kappa shape index (κ3) is 7.47. The van der Waals surface area contributed by atoms with Crippen molar-refractivity contribution in [3.8, 4) is 5.75 Å². The molecular weight excluding hydrogens is 363 g/mol. The summed E-state index contributed by atoms with van der Waals surface area (Å²) in [6.07, 6.45) is 4.88. The van der Waals surface area contributed by atoms with Gasteiger partial charge in [0.2, 0.25) is 0 Å². The summed E-state index contributed by atoms with van der Waals surface area (Å²) in [6, 6.07) is 18.7. The first-order valence-corrected chi connectivity index (χ1v) is 11.0. The van der Waals surface area contributed by atoms with Crippen LogP contribution in [0.4, 0.5) is 0 Å². The van der Waals surface area contributed by atoms with Crippen LogP contribution in [-0.4, -0.2) is 16.4 Å². The number of hydrogen-bond acceptors (Lipinski definition) is 3. The van der Waals surface area contributed by atoms with Crippen LogP contribution in [0.2, 0.25) is 0 Å². The molecule has 5 nitrogen and oxygen atoms in total. The second kappa shape index (κ2) is 10.6. The number of unbranched alkanes of at least 4 members (excludes halogenated alkanes) is 3. The van der Waals surface area contributed by atoms with Crippen LogP contribution in [0.25, 0.3) is 0 Å². The Labute approximate surface area is 161 Å². The molecule has 6 heteroatoms. The maximum Gasteiger partial charge on any atom is 0.470 e. The Hall–Kier alpha value is -1.65. The number of hydrogen-bond donors (Lipinski definition) is 2. The molecule has 1 atom stereocenters. The van der Waals surface area contributed by atoms with Gasteiger partial charge < -0.3 is 14.5 Å². The van der Waals surface area contributed by atoms with Crippen LogP contribution in [0, 0.1) is 0 Å². The summed E-state index contributed by atoms with van der Waals surface area (Å²) in [5, 5.41) is 0. The van der Waals surface area contributed by atoms with Gasteiger partial charge in [-0.15, -0.1) is 0 Å². The fourth-order valence-corrected chi connectivity index (χ4v) is 3.96. The average Bonchev–Trinajstić information content (AvgIpc) is 2.65. The minimum atomic E-state index is -4.68. The Balaban J connectivity index is 2.20. The van der Waals surface area contributed by atoms with E-state index in [2.05, 4.69) is 6.92 Å². The Kier molecular flexibility index (Phi) is 8.52. The Morgan fingerprint density at radius 1 is 0.889 bits per heavy atom. The van der Waals surface area contributed by atoms with Gasteiger partial charge in [-0.25, -0.2) is 4.57 Å². The van der Waals surface area contributed by atoms with E-state index in [1.165, 1.54) is 0 Å². The largest absolute Gasteiger partial charge is 0.493 e. The molecule has 0 heterocycles. The highest BCUT2D eigenvalue weighted by Gasteiger charge is 2.39. The first kappa shape index (κ1) is 21.6. The van der Waals surface area contributed by atoms with Gasteiger partial charge in [0.05, 0.1) is 6.61 Å². The van der Waals surface area contributed by atoms with E-state index in [1.54, 1.807) is 0 Å². The SMILES string of the molecule is CCCCCCC(CCOc1ccccc1)(OP(=O)(O)O)c1ccccc1. The van der Waals surface area contributed by atoms with E-state index in [4.69, 9.17) is 9.26 Å². The molecule has 2 aromatic carbocycles. The third-order valence-electron chi connectivity index (χ3n) is 4.55. The summed E-state index contributed by atoms with van der Waals surface area (Å²) in [6.45, 7) is 2.43. The molecule has 0 amide bonds. The van der Waals surface area contributed by atoms with Crippen LogP contribution in [0.1, 0.15) is 51.0 Å². The van der Waals surface area contributed by atoms with E-state index in [9.17, 15) is 14.4 Å². The third-order valence-corrected chi connectivity index (χ3v) is 5.13. The number of rotatable bonds is 12. The van der Waals surface area contributed by atoms with Gasteiger partial charge in [-0.1, -0.05) is 81.1 Å². The zero-order valence-electron chi connectivity index (χ0n) is 15.8. The molecule has 0 radical (unpaired) electrons. The molecule has 148 valence electrons. The Morgan fingerprint density at radius 3 is 2.11 bits per heavy atom. The molecule has 2 aromatic rings. The van der Waals surface area contributed by atoms with Crippen LogP contribution in [0.5, 0.6) is 5.75 Å². The van der Waals surface area contributed by atoms with Gasteiger partial charge >= 0.3 is 7.82 Å². The molecule has 0 bridgehead atoms. The van der Waals surface area contributed by atoms with Crippen molar-refractivity contribution in [3.63, 3.8) is 0 Å². The number of benzene rings is 2.